The Hall–Kier alpha value is -1.24. The average molecular weight is 379 g/mol. The molecule has 2 rings (SSSR count). The smallest absolute Gasteiger partial charge is 0.360 e. The topological polar surface area (TPSA) is 70.1 Å². The van der Waals surface area contributed by atoms with Crippen LogP contribution in [0.1, 0.15) is 17.4 Å². The first-order chi connectivity index (χ1) is 9.47. The van der Waals surface area contributed by atoms with E-state index in [4.69, 9.17) is 33.7 Å². The molecule has 0 aliphatic carbocycles. The first-order valence-corrected chi connectivity index (χ1v) is 7.16. The van der Waals surface area contributed by atoms with Crippen molar-refractivity contribution in [2.75, 3.05) is 12.3 Å². The molecule has 0 amide bonds. The van der Waals surface area contributed by atoms with E-state index in [9.17, 15) is 4.79 Å². The largest absolute Gasteiger partial charge is 0.461 e. The van der Waals surface area contributed by atoms with Gasteiger partial charge in [-0.05, 0) is 35.0 Å². The lowest BCUT2D eigenvalue weighted by atomic mass is 10.3. The number of nitrogens with zero attached hydrogens (tertiary/aromatic N) is 2. The van der Waals surface area contributed by atoms with Crippen LogP contribution in [0.3, 0.4) is 0 Å². The molecular formula is C12H10BrCl2N3O2. The number of rotatable bonds is 3. The molecule has 0 aliphatic heterocycles. The van der Waals surface area contributed by atoms with Crippen LogP contribution in [0.2, 0.25) is 10.0 Å². The van der Waals surface area contributed by atoms with E-state index in [1.807, 2.05) is 0 Å². The third kappa shape index (κ3) is 2.63. The molecule has 0 spiro atoms. The van der Waals surface area contributed by atoms with Gasteiger partial charge in [0.15, 0.2) is 5.69 Å². The fraction of sp³-hybridized carbons (Fsp3) is 0.167. The fourth-order valence-corrected chi connectivity index (χ4v) is 2.47. The van der Waals surface area contributed by atoms with E-state index in [0.29, 0.717) is 20.2 Å². The summed E-state index contributed by atoms with van der Waals surface area (Å²) >= 11 is 15.5. The van der Waals surface area contributed by atoms with E-state index in [0.717, 1.165) is 0 Å². The van der Waals surface area contributed by atoms with Crippen LogP contribution in [-0.4, -0.2) is 22.1 Å². The van der Waals surface area contributed by atoms with Gasteiger partial charge in [-0.2, -0.15) is 0 Å². The van der Waals surface area contributed by atoms with Crippen molar-refractivity contribution >= 4 is 50.9 Å². The minimum Gasteiger partial charge on any atom is -0.461 e. The molecule has 20 heavy (non-hydrogen) atoms. The van der Waals surface area contributed by atoms with Crippen molar-refractivity contribution in [1.29, 1.82) is 0 Å². The molecule has 0 saturated carbocycles. The second-order valence-electron chi connectivity index (χ2n) is 3.76. The standard InChI is InChI=1S/C12H10BrCl2N3O2/c1-2-20-12(19)10-11(16)18(5-17-10)7-4-3-6(13)8(14)9(7)15/h3-5H,2,16H2,1H3. The molecule has 0 bridgehead atoms. The number of nitrogens with two attached hydrogens (primary N) is 1. The summed E-state index contributed by atoms with van der Waals surface area (Å²) in [6.07, 6.45) is 1.40. The zero-order chi connectivity index (χ0) is 14.9. The zero-order valence-electron chi connectivity index (χ0n) is 10.4. The predicted molar refractivity (Wildman–Crippen MR) is 81.7 cm³/mol. The molecule has 0 radical (unpaired) electrons. The first-order valence-electron chi connectivity index (χ1n) is 5.61. The van der Waals surface area contributed by atoms with Crippen molar-refractivity contribution in [2.45, 2.75) is 6.92 Å². The summed E-state index contributed by atoms with van der Waals surface area (Å²) in [5, 5.41) is 0.663. The highest BCUT2D eigenvalue weighted by atomic mass is 79.9. The maximum atomic E-state index is 11.7. The maximum absolute atomic E-state index is 11.7. The van der Waals surface area contributed by atoms with Gasteiger partial charge < -0.3 is 10.5 Å². The van der Waals surface area contributed by atoms with Crippen molar-refractivity contribution in [2.24, 2.45) is 0 Å². The minimum atomic E-state index is -0.580. The molecule has 5 nitrogen and oxygen atoms in total. The molecule has 106 valence electrons. The number of nitrogen functional groups attached to an aromatic ring is 1. The number of carbonyl (C=O) groups excluding carboxylic acids is 1. The Kier molecular flexibility index (Phi) is 4.57. The van der Waals surface area contributed by atoms with Crippen LogP contribution < -0.4 is 5.73 Å². The number of ether oxygens (including phenoxy) is 1. The van der Waals surface area contributed by atoms with E-state index in [1.54, 1.807) is 19.1 Å². The Balaban J connectivity index is 2.50. The van der Waals surface area contributed by atoms with Gasteiger partial charge in [-0.1, -0.05) is 23.2 Å². The van der Waals surface area contributed by atoms with E-state index in [-0.39, 0.29) is 18.1 Å². The zero-order valence-corrected chi connectivity index (χ0v) is 13.5. The normalized spacial score (nSPS) is 10.6. The number of carbonyl (C=O) groups is 1. The van der Waals surface area contributed by atoms with Gasteiger partial charge >= 0.3 is 5.97 Å². The van der Waals surface area contributed by atoms with Crippen LogP contribution in [0.4, 0.5) is 5.82 Å². The highest BCUT2D eigenvalue weighted by Gasteiger charge is 2.19. The molecular weight excluding hydrogens is 369 g/mol. The minimum absolute atomic E-state index is 0.0435. The third-order valence-electron chi connectivity index (χ3n) is 2.55. The maximum Gasteiger partial charge on any atom is 0.360 e. The van der Waals surface area contributed by atoms with E-state index in [1.165, 1.54) is 10.9 Å². The van der Waals surface area contributed by atoms with Crippen molar-refractivity contribution in [3.8, 4) is 5.69 Å². The third-order valence-corrected chi connectivity index (χ3v) is 4.31. The van der Waals surface area contributed by atoms with Crippen molar-refractivity contribution < 1.29 is 9.53 Å². The number of hydrogen-bond acceptors (Lipinski definition) is 4. The fourth-order valence-electron chi connectivity index (χ4n) is 1.61. The van der Waals surface area contributed by atoms with Gasteiger partial charge in [0.25, 0.3) is 0 Å². The quantitative estimate of drug-likeness (QED) is 0.652. The van der Waals surface area contributed by atoms with Crippen LogP contribution in [0, 0.1) is 0 Å². The molecule has 1 aromatic heterocycles. The van der Waals surface area contributed by atoms with Crippen LogP contribution in [-0.2, 0) is 4.74 Å². The summed E-state index contributed by atoms with van der Waals surface area (Å²) in [4.78, 5) is 15.6. The van der Waals surface area contributed by atoms with Crippen LogP contribution >= 0.6 is 39.1 Å². The van der Waals surface area contributed by atoms with Gasteiger partial charge in [0.2, 0.25) is 0 Å². The molecule has 1 aromatic carbocycles. The van der Waals surface area contributed by atoms with Gasteiger partial charge in [-0.25, -0.2) is 9.78 Å². The number of halogens is 3. The lowest BCUT2D eigenvalue weighted by Crippen LogP contribution is -2.09. The highest BCUT2D eigenvalue weighted by molar-refractivity contribution is 9.10. The van der Waals surface area contributed by atoms with Crippen molar-refractivity contribution in [3.05, 3.63) is 38.7 Å². The van der Waals surface area contributed by atoms with E-state index >= 15 is 0 Å². The summed E-state index contributed by atoms with van der Waals surface area (Å²) < 4.78 is 7.01. The molecule has 8 heteroatoms. The lowest BCUT2D eigenvalue weighted by molar-refractivity contribution is 0.0521. The number of anilines is 1. The average Bonchev–Trinajstić information content (AvgIpc) is 2.79. The number of hydrogen-bond donors (Lipinski definition) is 1. The van der Waals surface area contributed by atoms with E-state index < -0.39 is 5.97 Å². The van der Waals surface area contributed by atoms with Crippen LogP contribution in [0.15, 0.2) is 22.9 Å². The van der Waals surface area contributed by atoms with Gasteiger partial charge in [-0.3, -0.25) is 4.57 Å². The summed E-state index contributed by atoms with van der Waals surface area (Å²) in [6, 6.07) is 3.44. The lowest BCUT2D eigenvalue weighted by Gasteiger charge is -2.10. The van der Waals surface area contributed by atoms with E-state index in [2.05, 4.69) is 20.9 Å². The molecule has 1 heterocycles. The first kappa shape index (κ1) is 15.2. The molecule has 2 aromatic rings. The van der Waals surface area contributed by atoms with Gasteiger partial charge in [0.1, 0.15) is 12.1 Å². The molecule has 0 aliphatic rings. The summed E-state index contributed by atoms with van der Waals surface area (Å²) in [5.74, 6) is -0.438. The molecule has 2 N–H and O–H groups in total. The molecule has 0 atom stereocenters. The number of esters is 1. The van der Waals surface area contributed by atoms with Crippen LogP contribution in [0.25, 0.3) is 5.69 Å². The van der Waals surface area contributed by atoms with Gasteiger partial charge in [0, 0.05) is 4.47 Å². The number of imidazole rings is 1. The summed E-state index contributed by atoms with van der Waals surface area (Å²) in [7, 11) is 0. The summed E-state index contributed by atoms with van der Waals surface area (Å²) in [6.45, 7) is 1.95. The van der Waals surface area contributed by atoms with Gasteiger partial charge in [-0.15, -0.1) is 0 Å². The molecule has 0 fully saturated rings. The Morgan fingerprint density at radius 3 is 2.80 bits per heavy atom. The Morgan fingerprint density at radius 2 is 2.15 bits per heavy atom. The Morgan fingerprint density at radius 1 is 1.45 bits per heavy atom. The highest BCUT2D eigenvalue weighted by Crippen LogP contribution is 2.35. The van der Waals surface area contributed by atoms with Crippen molar-refractivity contribution in [3.63, 3.8) is 0 Å². The SMILES string of the molecule is CCOC(=O)c1ncn(-c2ccc(Br)c(Cl)c2Cl)c1N. The Labute approximate surface area is 133 Å². The van der Waals surface area contributed by atoms with Gasteiger partial charge in [0.05, 0.1) is 22.3 Å². The number of aromatic nitrogens is 2. The summed E-state index contributed by atoms with van der Waals surface area (Å²) in [5.41, 5.74) is 6.48. The number of benzene rings is 1. The monoisotopic (exact) mass is 377 g/mol. The predicted octanol–water partition coefficient (Wildman–Crippen LogP) is 3.70. The van der Waals surface area contributed by atoms with Crippen LogP contribution in [0.5, 0.6) is 0 Å². The van der Waals surface area contributed by atoms with Crippen molar-refractivity contribution in [1.82, 2.24) is 9.55 Å². The molecule has 0 saturated heterocycles. The second-order valence-corrected chi connectivity index (χ2v) is 5.37. The Bertz CT molecular complexity index is 673. The second kappa shape index (κ2) is 6.03. The molecule has 0 unspecified atom stereocenters.